The summed E-state index contributed by atoms with van der Waals surface area (Å²) in [4.78, 5) is 14.0. The van der Waals surface area contributed by atoms with Crippen LogP contribution >= 0.6 is 27.5 Å². The average Bonchev–Trinajstić information content (AvgIpc) is 2.07. The monoisotopic (exact) mass is 285 g/mol. The van der Waals surface area contributed by atoms with Gasteiger partial charge >= 0.3 is 5.97 Å². The second kappa shape index (κ2) is 4.18. The lowest BCUT2D eigenvalue weighted by molar-refractivity contribution is 0.0690. The highest BCUT2D eigenvalue weighted by Crippen LogP contribution is 2.30. The van der Waals surface area contributed by atoms with E-state index in [2.05, 4.69) is 20.9 Å². The minimum absolute atomic E-state index is 0.00889. The van der Waals surface area contributed by atoms with Crippen LogP contribution < -0.4 is 0 Å². The molecule has 14 heavy (non-hydrogen) atoms. The minimum atomic E-state index is -2.83. The Morgan fingerprint density at radius 1 is 1.64 bits per heavy atom. The van der Waals surface area contributed by atoms with Crippen LogP contribution in [0.15, 0.2) is 10.7 Å². The van der Waals surface area contributed by atoms with E-state index in [1.54, 1.807) is 0 Å². The number of aromatic nitrogens is 1. The van der Waals surface area contributed by atoms with Crippen molar-refractivity contribution in [3.05, 3.63) is 26.9 Å². The van der Waals surface area contributed by atoms with Gasteiger partial charge in [0.05, 0.1) is 5.02 Å². The Labute approximate surface area is 90.8 Å². The smallest absolute Gasteiger partial charge is 0.356 e. The molecule has 0 aliphatic rings. The second-order valence-electron chi connectivity index (χ2n) is 2.30. The number of aromatic carboxylic acids is 1. The Balaban J connectivity index is 3.40. The van der Waals surface area contributed by atoms with Crippen LogP contribution in [0.25, 0.3) is 0 Å². The van der Waals surface area contributed by atoms with Gasteiger partial charge in [0.25, 0.3) is 6.43 Å². The summed E-state index contributed by atoms with van der Waals surface area (Å²) in [6, 6.07) is 0.986. The molecule has 1 N–H and O–H groups in total. The second-order valence-corrected chi connectivity index (χ2v) is 3.49. The van der Waals surface area contributed by atoms with E-state index in [-0.39, 0.29) is 4.60 Å². The summed E-state index contributed by atoms with van der Waals surface area (Å²) in [7, 11) is 0. The summed E-state index contributed by atoms with van der Waals surface area (Å²) >= 11 is 8.24. The molecule has 76 valence electrons. The zero-order valence-electron chi connectivity index (χ0n) is 6.47. The summed E-state index contributed by atoms with van der Waals surface area (Å²) in [5.41, 5.74) is -1.14. The maximum absolute atomic E-state index is 12.3. The highest BCUT2D eigenvalue weighted by atomic mass is 79.9. The van der Waals surface area contributed by atoms with E-state index in [1.807, 2.05) is 0 Å². The quantitative estimate of drug-likeness (QED) is 0.850. The van der Waals surface area contributed by atoms with Crippen molar-refractivity contribution in [1.82, 2.24) is 4.98 Å². The summed E-state index contributed by atoms with van der Waals surface area (Å²) in [5, 5.41) is 8.05. The normalized spacial score (nSPS) is 10.6. The van der Waals surface area contributed by atoms with Gasteiger partial charge in [-0.15, -0.1) is 0 Å². The van der Waals surface area contributed by atoms with Crippen molar-refractivity contribution in [1.29, 1.82) is 0 Å². The average molecular weight is 286 g/mol. The lowest BCUT2D eigenvalue weighted by atomic mass is 10.2. The Bertz CT molecular complexity index is 386. The summed E-state index contributed by atoms with van der Waals surface area (Å²) in [6.07, 6.45) is -2.83. The minimum Gasteiger partial charge on any atom is -0.476 e. The Morgan fingerprint density at radius 2 is 2.21 bits per heavy atom. The van der Waals surface area contributed by atoms with Gasteiger partial charge in [-0.1, -0.05) is 11.6 Å². The fraction of sp³-hybridized carbons (Fsp3) is 0.143. The fourth-order valence-corrected chi connectivity index (χ4v) is 1.50. The number of halogens is 4. The van der Waals surface area contributed by atoms with Crippen LogP contribution in [0.5, 0.6) is 0 Å². The maximum atomic E-state index is 12.3. The van der Waals surface area contributed by atoms with Gasteiger partial charge in [0.2, 0.25) is 0 Å². The SMILES string of the molecule is O=C(O)c1nc(Br)cc(C(F)F)c1Cl. The fourth-order valence-electron chi connectivity index (χ4n) is 0.817. The van der Waals surface area contributed by atoms with Gasteiger partial charge in [0.15, 0.2) is 5.69 Å². The van der Waals surface area contributed by atoms with Gasteiger partial charge in [-0.2, -0.15) is 0 Å². The highest BCUT2D eigenvalue weighted by Gasteiger charge is 2.20. The van der Waals surface area contributed by atoms with E-state index in [0.29, 0.717) is 0 Å². The third-order valence-electron chi connectivity index (χ3n) is 1.39. The zero-order chi connectivity index (χ0) is 10.9. The molecule has 0 aromatic carbocycles. The van der Waals surface area contributed by atoms with Crippen molar-refractivity contribution in [3.63, 3.8) is 0 Å². The summed E-state index contributed by atoms with van der Waals surface area (Å²) in [6.45, 7) is 0. The molecule has 0 unspecified atom stereocenters. The topological polar surface area (TPSA) is 50.2 Å². The van der Waals surface area contributed by atoms with Crippen LogP contribution in [0.2, 0.25) is 5.02 Å². The number of pyridine rings is 1. The molecule has 7 heteroatoms. The molecule has 1 rings (SSSR count). The van der Waals surface area contributed by atoms with E-state index in [4.69, 9.17) is 16.7 Å². The predicted molar refractivity (Wildman–Crippen MR) is 48.9 cm³/mol. The number of alkyl halides is 2. The molecule has 0 aliphatic heterocycles. The first-order chi connectivity index (χ1) is 6.43. The number of carboxylic acid groups (broad SMARTS) is 1. The van der Waals surface area contributed by atoms with E-state index >= 15 is 0 Å². The standard InChI is InChI=1S/C7H3BrClF2NO2/c8-3-1-2(6(10)11)4(9)5(12-3)7(13)14/h1,6H,(H,13,14). The molecule has 0 fully saturated rings. The van der Waals surface area contributed by atoms with Crippen molar-refractivity contribution in [2.75, 3.05) is 0 Å². The molecule has 0 radical (unpaired) electrons. The first-order valence-corrected chi connectivity index (χ1v) is 4.48. The van der Waals surface area contributed by atoms with Crippen LogP contribution in [-0.4, -0.2) is 16.1 Å². The number of nitrogens with zero attached hydrogens (tertiary/aromatic N) is 1. The van der Waals surface area contributed by atoms with Crippen LogP contribution in [0.1, 0.15) is 22.5 Å². The van der Waals surface area contributed by atoms with Gasteiger partial charge in [0, 0.05) is 5.56 Å². The number of carboxylic acids is 1. The van der Waals surface area contributed by atoms with E-state index in [9.17, 15) is 13.6 Å². The van der Waals surface area contributed by atoms with E-state index in [1.165, 1.54) is 0 Å². The van der Waals surface area contributed by atoms with E-state index < -0.39 is 28.7 Å². The molecule has 1 aromatic heterocycles. The van der Waals surface area contributed by atoms with E-state index in [0.717, 1.165) is 6.07 Å². The molecule has 1 aromatic rings. The maximum Gasteiger partial charge on any atom is 0.356 e. The van der Waals surface area contributed by atoms with Gasteiger partial charge in [0.1, 0.15) is 4.60 Å². The van der Waals surface area contributed by atoms with Crippen molar-refractivity contribution in [2.24, 2.45) is 0 Å². The molecule has 0 amide bonds. The van der Waals surface area contributed by atoms with Gasteiger partial charge < -0.3 is 5.11 Å². The first kappa shape index (κ1) is 11.3. The molecule has 0 aliphatic carbocycles. The molecule has 3 nitrogen and oxygen atoms in total. The van der Waals surface area contributed by atoms with Gasteiger partial charge in [-0.25, -0.2) is 18.6 Å². The Hall–Kier alpha value is -0.750. The number of hydrogen-bond donors (Lipinski definition) is 1. The van der Waals surface area contributed by atoms with Crippen LogP contribution in [0, 0.1) is 0 Å². The Morgan fingerprint density at radius 3 is 2.64 bits per heavy atom. The third-order valence-corrected chi connectivity index (χ3v) is 2.20. The molecule has 0 bridgehead atoms. The first-order valence-electron chi connectivity index (χ1n) is 3.31. The summed E-state index contributed by atoms with van der Waals surface area (Å²) < 4.78 is 24.7. The highest BCUT2D eigenvalue weighted by molar-refractivity contribution is 9.10. The number of carbonyl (C=O) groups is 1. The molecular weight excluding hydrogens is 283 g/mol. The Kier molecular flexibility index (Phi) is 3.38. The van der Waals surface area contributed by atoms with Crippen molar-refractivity contribution in [3.8, 4) is 0 Å². The number of hydrogen-bond acceptors (Lipinski definition) is 2. The van der Waals surface area contributed by atoms with Crippen LogP contribution in [0.3, 0.4) is 0 Å². The third kappa shape index (κ3) is 2.19. The van der Waals surface area contributed by atoms with Crippen LogP contribution in [-0.2, 0) is 0 Å². The molecule has 0 atom stereocenters. The predicted octanol–water partition coefficient (Wildman–Crippen LogP) is 3.13. The van der Waals surface area contributed by atoms with Crippen molar-refractivity contribution < 1.29 is 18.7 Å². The molecule has 0 spiro atoms. The molecule has 0 saturated carbocycles. The lowest BCUT2D eigenvalue weighted by Gasteiger charge is -2.05. The molecule has 1 heterocycles. The summed E-state index contributed by atoms with van der Waals surface area (Å²) in [5.74, 6) is -1.45. The molecule has 0 saturated heterocycles. The van der Waals surface area contributed by atoms with Crippen molar-refractivity contribution in [2.45, 2.75) is 6.43 Å². The van der Waals surface area contributed by atoms with Gasteiger partial charge in [-0.3, -0.25) is 0 Å². The van der Waals surface area contributed by atoms with Gasteiger partial charge in [-0.05, 0) is 22.0 Å². The van der Waals surface area contributed by atoms with Crippen LogP contribution in [0.4, 0.5) is 8.78 Å². The zero-order valence-corrected chi connectivity index (χ0v) is 8.81. The van der Waals surface area contributed by atoms with Crippen molar-refractivity contribution >= 4 is 33.5 Å². The number of rotatable bonds is 2. The lowest BCUT2D eigenvalue weighted by Crippen LogP contribution is -2.04. The largest absolute Gasteiger partial charge is 0.476 e. The molecular formula is C7H3BrClF2NO2.